The molecule has 0 aliphatic carbocycles. The van der Waals surface area contributed by atoms with Crippen molar-refractivity contribution in [2.75, 3.05) is 26.2 Å². The van der Waals surface area contributed by atoms with Crippen LogP contribution in [0.1, 0.15) is 23.0 Å². The molecule has 0 radical (unpaired) electrons. The molecular formula is C16H17ClN4O5S2. The van der Waals surface area contributed by atoms with Gasteiger partial charge in [0.15, 0.2) is 0 Å². The Bertz CT molecular complexity index is 986. The van der Waals surface area contributed by atoms with Gasteiger partial charge in [0, 0.05) is 44.6 Å². The van der Waals surface area contributed by atoms with Crippen LogP contribution in [0.5, 0.6) is 0 Å². The summed E-state index contributed by atoms with van der Waals surface area (Å²) < 4.78 is 36.1. The Hall–Kier alpha value is -2.08. The Kier molecular flexibility index (Phi) is 6.28. The molecule has 0 saturated carbocycles. The predicted molar refractivity (Wildman–Crippen MR) is 101 cm³/mol. The zero-order valence-corrected chi connectivity index (χ0v) is 17.3. The number of rotatable bonds is 5. The first kappa shape index (κ1) is 20.6. The fraction of sp³-hybridized carbons (Fsp3) is 0.375. The van der Waals surface area contributed by atoms with Crippen molar-refractivity contribution in [1.82, 2.24) is 18.8 Å². The van der Waals surface area contributed by atoms with E-state index in [4.69, 9.17) is 16.3 Å². The number of ether oxygens (including phenoxy) is 1. The maximum absolute atomic E-state index is 12.9. The van der Waals surface area contributed by atoms with Gasteiger partial charge < -0.3 is 9.64 Å². The Balaban J connectivity index is 1.70. The molecule has 1 saturated heterocycles. The molecule has 0 N–H and O–H groups in total. The molecule has 2 heterocycles. The monoisotopic (exact) mass is 444 g/mol. The lowest BCUT2D eigenvalue weighted by Gasteiger charge is -2.33. The van der Waals surface area contributed by atoms with Crippen molar-refractivity contribution < 1.29 is 22.7 Å². The number of sulfonamides is 1. The van der Waals surface area contributed by atoms with E-state index in [1.54, 1.807) is 4.90 Å². The van der Waals surface area contributed by atoms with Crippen LogP contribution in [0, 0.1) is 0 Å². The Labute approximate surface area is 171 Å². The van der Waals surface area contributed by atoms with Crippen LogP contribution >= 0.6 is 23.1 Å². The van der Waals surface area contributed by atoms with Gasteiger partial charge in [0.25, 0.3) is 0 Å². The summed E-state index contributed by atoms with van der Waals surface area (Å²) in [6.07, 6.45) is 0. The van der Waals surface area contributed by atoms with Crippen LogP contribution in [0.25, 0.3) is 0 Å². The van der Waals surface area contributed by atoms with Gasteiger partial charge in [-0.3, -0.25) is 4.79 Å². The number of aromatic nitrogens is 2. The lowest BCUT2D eigenvalue weighted by Crippen LogP contribution is -2.49. The third-order valence-corrected chi connectivity index (χ3v) is 7.12. The number of nitrogens with zero attached hydrogens (tertiary/aromatic N) is 4. The van der Waals surface area contributed by atoms with Crippen LogP contribution in [-0.4, -0.2) is 65.3 Å². The molecule has 1 aromatic carbocycles. The second-order valence-electron chi connectivity index (χ2n) is 6.01. The number of esters is 1. The summed E-state index contributed by atoms with van der Waals surface area (Å²) in [6, 6.07) is 5.64. The summed E-state index contributed by atoms with van der Waals surface area (Å²) in [5, 5.41) is 3.75. The van der Waals surface area contributed by atoms with E-state index in [0.29, 0.717) is 23.1 Å². The lowest BCUT2D eigenvalue weighted by atomic mass is 10.2. The van der Waals surface area contributed by atoms with E-state index in [-0.39, 0.29) is 36.1 Å². The topological polar surface area (TPSA) is 110 Å². The van der Waals surface area contributed by atoms with E-state index in [0.717, 1.165) is 11.5 Å². The first-order chi connectivity index (χ1) is 13.3. The fourth-order valence-corrected chi connectivity index (χ4v) is 4.75. The zero-order chi connectivity index (χ0) is 20.3. The van der Waals surface area contributed by atoms with Crippen molar-refractivity contribution in [2.45, 2.75) is 18.4 Å². The van der Waals surface area contributed by atoms with Crippen molar-refractivity contribution in [1.29, 1.82) is 0 Å². The third kappa shape index (κ3) is 4.49. The highest BCUT2D eigenvalue weighted by molar-refractivity contribution is 7.89. The highest BCUT2D eigenvalue weighted by Crippen LogP contribution is 2.21. The van der Waals surface area contributed by atoms with Crippen molar-refractivity contribution in [3.63, 3.8) is 0 Å². The van der Waals surface area contributed by atoms with Gasteiger partial charge in [-0.2, -0.15) is 4.31 Å². The zero-order valence-electron chi connectivity index (χ0n) is 14.9. The Morgan fingerprint density at radius 2 is 1.96 bits per heavy atom. The van der Waals surface area contributed by atoms with E-state index in [1.165, 1.54) is 35.5 Å². The fourth-order valence-electron chi connectivity index (χ4n) is 2.68. The Morgan fingerprint density at radius 1 is 1.25 bits per heavy atom. The molecule has 0 spiro atoms. The smallest absolute Gasteiger partial charge is 0.338 e. The summed E-state index contributed by atoms with van der Waals surface area (Å²) in [6.45, 7) is 2.36. The average molecular weight is 445 g/mol. The third-order valence-electron chi connectivity index (χ3n) is 4.24. The molecule has 1 aliphatic heterocycles. The summed E-state index contributed by atoms with van der Waals surface area (Å²) in [5.41, 5.74) is 0.440. The van der Waals surface area contributed by atoms with E-state index in [9.17, 15) is 18.0 Å². The van der Waals surface area contributed by atoms with Gasteiger partial charge in [0.2, 0.25) is 15.9 Å². The normalized spacial score (nSPS) is 15.4. The molecule has 9 nitrogen and oxygen atoms in total. The minimum absolute atomic E-state index is 0.00779. The number of hydrogen-bond acceptors (Lipinski definition) is 8. The molecule has 0 bridgehead atoms. The quantitative estimate of drug-likeness (QED) is 0.641. The molecule has 28 heavy (non-hydrogen) atoms. The number of halogens is 1. The number of carbonyl (C=O) groups excluding carboxylic acids is 2. The number of hydrogen-bond donors (Lipinski definition) is 0. The maximum atomic E-state index is 12.9. The van der Waals surface area contributed by atoms with Gasteiger partial charge in [-0.15, -0.1) is 5.10 Å². The highest BCUT2D eigenvalue weighted by Gasteiger charge is 2.29. The van der Waals surface area contributed by atoms with Gasteiger partial charge >= 0.3 is 5.97 Å². The molecule has 1 aromatic heterocycles. The van der Waals surface area contributed by atoms with Crippen molar-refractivity contribution in [3.8, 4) is 0 Å². The molecule has 1 amide bonds. The molecule has 1 fully saturated rings. The average Bonchev–Trinajstić information content (AvgIpc) is 3.11. The summed E-state index contributed by atoms with van der Waals surface area (Å²) in [7, 11) is -3.79. The van der Waals surface area contributed by atoms with Gasteiger partial charge in [0.1, 0.15) is 16.6 Å². The molecule has 0 unspecified atom stereocenters. The molecule has 3 rings (SSSR count). The number of carbonyl (C=O) groups is 2. The predicted octanol–water partition coefficient (Wildman–Crippen LogP) is 1.40. The van der Waals surface area contributed by atoms with E-state index >= 15 is 0 Å². The first-order valence-electron chi connectivity index (χ1n) is 8.28. The van der Waals surface area contributed by atoms with Crippen LogP contribution in [0.2, 0.25) is 4.34 Å². The van der Waals surface area contributed by atoms with Crippen LogP contribution in [0.4, 0.5) is 0 Å². The largest absolute Gasteiger partial charge is 0.455 e. The molecule has 12 heteroatoms. The summed E-state index contributed by atoms with van der Waals surface area (Å²) in [5.74, 6) is -0.778. The summed E-state index contributed by atoms with van der Waals surface area (Å²) >= 11 is 6.84. The van der Waals surface area contributed by atoms with Crippen molar-refractivity contribution in [3.05, 3.63) is 39.9 Å². The molecule has 2 aromatic rings. The SMILES string of the molecule is CC(=O)N1CCN(S(=O)(=O)c2cccc(C(=O)OCc3nnsc3Cl)c2)CC1. The minimum Gasteiger partial charge on any atom is -0.455 e. The Morgan fingerprint density at radius 3 is 2.57 bits per heavy atom. The van der Waals surface area contributed by atoms with Gasteiger partial charge in [-0.05, 0) is 18.2 Å². The molecular weight excluding hydrogens is 428 g/mol. The number of benzene rings is 1. The molecule has 0 atom stereocenters. The summed E-state index contributed by atoms with van der Waals surface area (Å²) in [4.78, 5) is 25.3. The van der Waals surface area contributed by atoms with E-state index in [1.807, 2.05) is 0 Å². The van der Waals surface area contributed by atoms with E-state index in [2.05, 4.69) is 9.59 Å². The second kappa shape index (κ2) is 8.52. The second-order valence-corrected chi connectivity index (χ2v) is 9.30. The van der Waals surface area contributed by atoms with Crippen molar-refractivity contribution >= 4 is 45.0 Å². The van der Waals surface area contributed by atoms with Crippen LogP contribution < -0.4 is 0 Å². The number of amides is 1. The molecule has 150 valence electrons. The van der Waals surface area contributed by atoms with E-state index < -0.39 is 16.0 Å². The van der Waals surface area contributed by atoms with Gasteiger partial charge in [0.05, 0.1) is 10.5 Å². The maximum Gasteiger partial charge on any atom is 0.338 e. The number of piperazine rings is 1. The minimum atomic E-state index is -3.79. The first-order valence-corrected chi connectivity index (χ1v) is 10.9. The lowest BCUT2D eigenvalue weighted by molar-refractivity contribution is -0.129. The molecule has 1 aliphatic rings. The standard InChI is InChI=1S/C16H17ClN4O5S2/c1-11(22)20-5-7-21(8-6-20)28(24,25)13-4-2-3-12(9-13)16(23)26-10-14-15(17)27-19-18-14/h2-4,9H,5-8,10H2,1H3. The van der Waals surface area contributed by atoms with Crippen LogP contribution in [0.15, 0.2) is 29.2 Å². The van der Waals surface area contributed by atoms with Gasteiger partial charge in [-0.25, -0.2) is 13.2 Å². The van der Waals surface area contributed by atoms with Crippen LogP contribution in [-0.2, 0) is 26.2 Å². The highest BCUT2D eigenvalue weighted by atomic mass is 35.5. The van der Waals surface area contributed by atoms with Crippen molar-refractivity contribution in [2.24, 2.45) is 0 Å². The van der Waals surface area contributed by atoms with Crippen LogP contribution in [0.3, 0.4) is 0 Å². The van der Waals surface area contributed by atoms with Gasteiger partial charge in [-0.1, -0.05) is 22.2 Å².